The average molecular weight is 239 g/mol. The molecule has 0 N–H and O–H groups in total. The van der Waals surface area contributed by atoms with E-state index in [1.807, 2.05) is 0 Å². The second kappa shape index (κ2) is 4.18. The van der Waals surface area contributed by atoms with E-state index in [2.05, 4.69) is 19.8 Å². The van der Waals surface area contributed by atoms with Crippen LogP contribution in [0.25, 0.3) is 0 Å². The van der Waals surface area contributed by atoms with Crippen molar-refractivity contribution in [3.63, 3.8) is 0 Å². The van der Waals surface area contributed by atoms with Gasteiger partial charge in [0.15, 0.2) is 0 Å². The SMILES string of the molecule is Clc1cncc(N2CCN(C3CC3)CC2)n1. The largest absolute Gasteiger partial charge is 0.353 e. The van der Waals surface area contributed by atoms with Crippen LogP contribution in [0.2, 0.25) is 5.15 Å². The van der Waals surface area contributed by atoms with Gasteiger partial charge in [-0.15, -0.1) is 0 Å². The molecule has 4 nitrogen and oxygen atoms in total. The average Bonchev–Trinajstić information content (AvgIpc) is 3.13. The quantitative estimate of drug-likeness (QED) is 0.780. The molecule has 86 valence electrons. The minimum absolute atomic E-state index is 0.474. The number of aromatic nitrogens is 2. The van der Waals surface area contributed by atoms with Crippen LogP contribution in [0.1, 0.15) is 12.8 Å². The molecule has 3 rings (SSSR count). The van der Waals surface area contributed by atoms with Crippen molar-refractivity contribution in [2.75, 3.05) is 31.1 Å². The molecule has 2 fully saturated rings. The molecule has 0 aromatic carbocycles. The van der Waals surface area contributed by atoms with Crippen molar-refractivity contribution in [1.29, 1.82) is 0 Å². The molecule has 1 aromatic heterocycles. The molecule has 0 atom stereocenters. The Morgan fingerprint density at radius 3 is 2.50 bits per heavy atom. The van der Waals surface area contributed by atoms with Crippen LogP contribution in [-0.2, 0) is 0 Å². The van der Waals surface area contributed by atoms with Gasteiger partial charge in [0.1, 0.15) is 11.0 Å². The summed E-state index contributed by atoms with van der Waals surface area (Å²) < 4.78 is 0. The third-order valence-electron chi connectivity index (χ3n) is 3.29. The smallest absolute Gasteiger partial charge is 0.149 e. The van der Waals surface area contributed by atoms with Gasteiger partial charge in [0.25, 0.3) is 0 Å². The van der Waals surface area contributed by atoms with Crippen LogP contribution in [0.3, 0.4) is 0 Å². The summed E-state index contributed by atoms with van der Waals surface area (Å²) in [7, 11) is 0. The zero-order chi connectivity index (χ0) is 11.0. The Labute approximate surface area is 100 Å². The summed E-state index contributed by atoms with van der Waals surface area (Å²) in [5, 5.41) is 0.474. The van der Waals surface area contributed by atoms with Gasteiger partial charge >= 0.3 is 0 Å². The minimum Gasteiger partial charge on any atom is -0.353 e. The second-order valence-corrected chi connectivity index (χ2v) is 4.84. The standard InChI is InChI=1S/C11H15ClN4/c12-10-7-13-8-11(14-10)16-5-3-15(4-6-16)9-1-2-9/h7-9H,1-6H2. The molecule has 0 unspecified atom stereocenters. The van der Waals surface area contributed by atoms with Gasteiger partial charge in [-0.1, -0.05) is 11.6 Å². The maximum absolute atomic E-state index is 5.84. The Hall–Kier alpha value is -0.870. The zero-order valence-electron chi connectivity index (χ0n) is 9.14. The van der Waals surface area contributed by atoms with Crippen molar-refractivity contribution in [3.05, 3.63) is 17.5 Å². The lowest BCUT2D eigenvalue weighted by atomic mass is 10.3. The van der Waals surface area contributed by atoms with Crippen LogP contribution in [0, 0.1) is 0 Å². The summed E-state index contributed by atoms with van der Waals surface area (Å²) in [6.07, 6.45) is 6.14. The monoisotopic (exact) mass is 238 g/mol. The Balaban J connectivity index is 1.64. The van der Waals surface area contributed by atoms with Crippen molar-refractivity contribution in [2.45, 2.75) is 18.9 Å². The Kier molecular flexibility index (Phi) is 2.69. The van der Waals surface area contributed by atoms with Crippen LogP contribution < -0.4 is 4.90 Å². The molecule has 1 aliphatic carbocycles. The fraction of sp³-hybridized carbons (Fsp3) is 0.636. The van der Waals surface area contributed by atoms with Crippen LogP contribution in [0.15, 0.2) is 12.4 Å². The van der Waals surface area contributed by atoms with Crippen molar-refractivity contribution in [2.24, 2.45) is 0 Å². The van der Waals surface area contributed by atoms with Crippen LogP contribution in [-0.4, -0.2) is 47.1 Å². The highest BCUT2D eigenvalue weighted by atomic mass is 35.5. The highest BCUT2D eigenvalue weighted by Crippen LogP contribution is 2.28. The molecule has 1 saturated heterocycles. The van der Waals surface area contributed by atoms with Crippen molar-refractivity contribution in [1.82, 2.24) is 14.9 Å². The number of hydrogen-bond donors (Lipinski definition) is 0. The lowest BCUT2D eigenvalue weighted by Crippen LogP contribution is -2.47. The maximum atomic E-state index is 5.84. The van der Waals surface area contributed by atoms with E-state index in [0.717, 1.165) is 38.0 Å². The van der Waals surface area contributed by atoms with E-state index in [4.69, 9.17) is 11.6 Å². The van der Waals surface area contributed by atoms with Gasteiger partial charge in [-0.3, -0.25) is 9.88 Å². The van der Waals surface area contributed by atoms with E-state index in [0.29, 0.717) is 5.15 Å². The van der Waals surface area contributed by atoms with E-state index in [9.17, 15) is 0 Å². The van der Waals surface area contributed by atoms with Gasteiger partial charge < -0.3 is 4.90 Å². The molecular weight excluding hydrogens is 224 g/mol. The highest BCUT2D eigenvalue weighted by Gasteiger charge is 2.31. The van der Waals surface area contributed by atoms with Crippen LogP contribution in [0.5, 0.6) is 0 Å². The van der Waals surface area contributed by atoms with Gasteiger partial charge in [-0.2, -0.15) is 0 Å². The lowest BCUT2D eigenvalue weighted by Gasteiger charge is -2.35. The first-order valence-electron chi connectivity index (χ1n) is 5.79. The van der Waals surface area contributed by atoms with Crippen molar-refractivity contribution in [3.8, 4) is 0 Å². The number of hydrogen-bond acceptors (Lipinski definition) is 4. The van der Waals surface area contributed by atoms with Crippen molar-refractivity contribution >= 4 is 17.4 Å². The van der Waals surface area contributed by atoms with E-state index >= 15 is 0 Å². The van der Waals surface area contributed by atoms with Crippen LogP contribution in [0.4, 0.5) is 5.82 Å². The number of anilines is 1. The molecule has 2 aliphatic rings. The maximum Gasteiger partial charge on any atom is 0.149 e. The molecule has 0 spiro atoms. The summed E-state index contributed by atoms with van der Waals surface area (Å²) in [5.41, 5.74) is 0. The predicted octanol–water partition coefficient (Wildman–Crippen LogP) is 1.41. The molecule has 1 aromatic rings. The summed E-state index contributed by atoms with van der Waals surface area (Å²) >= 11 is 5.84. The fourth-order valence-corrected chi connectivity index (χ4v) is 2.38. The molecule has 0 bridgehead atoms. The molecule has 0 amide bonds. The topological polar surface area (TPSA) is 32.3 Å². The van der Waals surface area contributed by atoms with Gasteiger partial charge in [0.2, 0.25) is 0 Å². The fourth-order valence-electron chi connectivity index (χ4n) is 2.24. The Morgan fingerprint density at radius 1 is 1.12 bits per heavy atom. The van der Waals surface area contributed by atoms with Crippen molar-refractivity contribution < 1.29 is 0 Å². The predicted molar refractivity (Wildman–Crippen MR) is 63.9 cm³/mol. The van der Waals surface area contributed by atoms with Gasteiger partial charge in [0.05, 0.1) is 12.4 Å². The van der Waals surface area contributed by atoms with Gasteiger partial charge in [-0.25, -0.2) is 4.98 Å². The van der Waals surface area contributed by atoms with E-state index in [1.165, 1.54) is 12.8 Å². The molecule has 0 radical (unpaired) electrons. The first-order valence-corrected chi connectivity index (χ1v) is 6.17. The Bertz CT molecular complexity index is 372. The molecule has 16 heavy (non-hydrogen) atoms. The Morgan fingerprint density at radius 2 is 1.88 bits per heavy atom. The van der Waals surface area contributed by atoms with Gasteiger partial charge in [0, 0.05) is 32.2 Å². The van der Waals surface area contributed by atoms with E-state index in [1.54, 1.807) is 12.4 Å². The third-order valence-corrected chi connectivity index (χ3v) is 3.48. The first kappa shape index (κ1) is 10.3. The third kappa shape index (κ3) is 2.13. The van der Waals surface area contributed by atoms with E-state index in [-0.39, 0.29) is 0 Å². The summed E-state index contributed by atoms with van der Waals surface area (Å²) in [6.45, 7) is 4.34. The minimum atomic E-state index is 0.474. The normalized spacial score (nSPS) is 22.4. The summed E-state index contributed by atoms with van der Waals surface area (Å²) in [4.78, 5) is 13.2. The van der Waals surface area contributed by atoms with Crippen LogP contribution >= 0.6 is 11.6 Å². The molecular formula is C11H15ClN4. The lowest BCUT2D eigenvalue weighted by molar-refractivity contribution is 0.247. The summed E-state index contributed by atoms with van der Waals surface area (Å²) in [6, 6.07) is 0.868. The highest BCUT2D eigenvalue weighted by molar-refractivity contribution is 6.29. The summed E-state index contributed by atoms with van der Waals surface area (Å²) in [5.74, 6) is 0.906. The molecule has 2 heterocycles. The molecule has 1 saturated carbocycles. The number of nitrogens with zero attached hydrogens (tertiary/aromatic N) is 4. The number of halogens is 1. The van der Waals surface area contributed by atoms with E-state index < -0.39 is 0 Å². The first-order chi connectivity index (χ1) is 7.83. The molecule has 5 heteroatoms. The second-order valence-electron chi connectivity index (χ2n) is 4.45. The zero-order valence-corrected chi connectivity index (χ0v) is 9.90. The number of piperazine rings is 1. The van der Waals surface area contributed by atoms with Gasteiger partial charge in [-0.05, 0) is 12.8 Å². The number of rotatable bonds is 2. The molecule has 1 aliphatic heterocycles.